The molecule has 0 bridgehead atoms. The van der Waals surface area contributed by atoms with E-state index in [1.165, 1.54) is 23.1 Å². The minimum absolute atomic E-state index is 0.258. The Hall–Kier alpha value is -2.15. The standard InChI is InChI=1S/C16H20FN3O3/c1-10-9-16(12-8-11(17)4-5-13(12)23-10)14(21)20(15(22)18-16)7-6-19(2)3/h4-5,8,10H,6-7,9H2,1-3H3,(H,18,22). The first-order valence-electron chi connectivity index (χ1n) is 7.59. The summed E-state index contributed by atoms with van der Waals surface area (Å²) in [6.45, 7) is 2.69. The number of halogens is 1. The predicted molar refractivity (Wildman–Crippen MR) is 81.6 cm³/mol. The number of urea groups is 1. The summed E-state index contributed by atoms with van der Waals surface area (Å²) in [7, 11) is 3.74. The highest BCUT2D eigenvalue weighted by molar-refractivity contribution is 6.08. The number of carbonyl (C=O) groups excluding carboxylic acids is 2. The van der Waals surface area contributed by atoms with Gasteiger partial charge in [-0.1, -0.05) is 0 Å². The van der Waals surface area contributed by atoms with E-state index in [-0.39, 0.29) is 18.4 Å². The number of imide groups is 1. The van der Waals surface area contributed by atoms with Crippen molar-refractivity contribution in [3.05, 3.63) is 29.6 Å². The molecule has 6 nitrogen and oxygen atoms in total. The first kappa shape index (κ1) is 15.7. The van der Waals surface area contributed by atoms with Crippen LogP contribution in [-0.2, 0) is 10.3 Å². The summed E-state index contributed by atoms with van der Waals surface area (Å²) in [6.07, 6.45) is 0.0259. The van der Waals surface area contributed by atoms with Crippen LogP contribution in [-0.4, -0.2) is 55.0 Å². The molecule has 23 heavy (non-hydrogen) atoms. The molecule has 1 fully saturated rings. The summed E-state index contributed by atoms with van der Waals surface area (Å²) < 4.78 is 19.4. The van der Waals surface area contributed by atoms with Gasteiger partial charge in [-0.05, 0) is 39.2 Å². The molecule has 0 radical (unpaired) electrons. The normalized spacial score (nSPS) is 26.5. The molecule has 1 spiro atoms. The molecule has 7 heteroatoms. The highest BCUT2D eigenvalue weighted by Crippen LogP contribution is 2.43. The van der Waals surface area contributed by atoms with Gasteiger partial charge in [-0.25, -0.2) is 9.18 Å². The number of benzene rings is 1. The number of nitrogens with one attached hydrogen (secondary N) is 1. The number of amides is 3. The molecule has 0 saturated carbocycles. The SMILES string of the molecule is CC1CC2(NC(=O)N(CCN(C)C)C2=O)c2cc(F)ccc2O1. The lowest BCUT2D eigenvalue weighted by Crippen LogP contribution is -2.50. The van der Waals surface area contributed by atoms with Gasteiger partial charge in [0, 0.05) is 25.1 Å². The molecule has 1 saturated heterocycles. The summed E-state index contributed by atoms with van der Waals surface area (Å²) in [6, 6.07) is 3.62. The van der Waals surface area contributed by atoms with Crippen LogP contribution in [0.4, 0.5) is 9.18 Å². The van der Waals surface area contributed by atoms with Gasteiger partial charge in [0.05, 0.1) is 6.10 Å². The second kappa shape index (κ2) is 5.49. The monoisotopic (exact) mass is 321 g/mol. The van der Waals surface area contributed by atoms with Crippen LogP contribution in [0.25, 0.3) is 0 Å². The summed E-state index contributed by atoms with van der Waals surface area (Å²) >= 11 is 0. The summed E-state index contributed by atoms with van der Waals surface area (Å²) in [5.41, 5.74) is -0.848. The topological polar surface area (TPSA) is 61.9 Å². The van der Waals surface area contributed by atoms with Crippen LogP contribution in [0.2, 0.25) is 0 Å². The second-order valence-electron chi connectivity index (χ2n) is 6.37. The van der Waals surface area contributed by atoms with Crippen molar-refractivity contribution in [2.75, 3.05) is 27.2 Å². The predicted octanol–water partition coefficient (Wildman–Crippen LogP) is 1.31. The van der Waals surface area contributed by atoms with Crippen molar-refractivity contribution < 1.29 is 18.7 Å². The Morgan fingerprint density at radius 1 is 1.43 bits per heavy atom. The fourth-order valence-corrected chi connectivity index (χ4v) is 3.19. The van der Waals surface area contributed by atoms with Gasteiger partial charge in [0.1, 0.15) is 11.6 Å². The van der Waals surface area contributed by atoms with Crippen molar-refractivity contribution in [2.45, 2.75) is 25.0 Å². The van der Waals surface area contributed by atoms with E-state index >= 15 is 0 Å². The maximum Gasteiger partial charge on any atom is 0.325 e. The van der Waals surface area contributed by atoms with Gasteiger partial charge in [-0.3, -0.25) is 9.69 Å². The Kier molecular flexibility index (Phi) is 3.75. The van der Waals surface area contributed by atoms with Gasteiger partial charge in [-0.15, -0.1) is 0 Å². The third kappa shape index (κ3) is 2.55. The lowest BCUT2D eigenvalue weighted by Gasteiger charge is -2.36. The smallest absolute Gasteiger partial charge is 0.325 e. The lowest BCUT2D eigenvalue weighted by atomic mass is 9.82. The van der Waals surface area contributed by atoms with Crippen LogP contribution in [0.1, 0.15) is 18.9 Å². The molecule has 1 aromatic rings. The molecule has 3 amide bonds. The second-order valence-corrected chi connectivity index (χ2v) is 6.37. The largest absolute Gasteiger partial charge is 0.490 e. The minimum Gasteiger partial charge on any atom is -0.490 e. The van der Waals surface area contributed by atoms with Gasteiger partial charge < -0.3 is 15.0 Å². The van der Waals surface area contributed by atoms with Crippen molar-refractivity contribution in [3.63, 3.8) is 0 Å². The fourth-order valence-electron chi connectivity index (χ4n) is 3.19. The van der Waals surface area contributed by atoms with Crippen LogP contribution in [0.3, 0.4) is 0 Å². The number of hydrogen-bond donors (Lipinski definition) is 1. The van der Waals surface area contributed by atoms with E-state index in [1.807, 2.05) is 25.9 Å². The van der Waals surface area contributed by atoms with E-state index in [1.54, 1.807) is 0 Å². The van der Waals surface area contributed by atoms with Crippen molar-refractivity contribution in [2.24, 2.45) is 0 Å². The van der Waals surface area contributed by atoms with E-state index in [2.05, 4.69) is 5.32 Å². The average Bonchev–Trinajstić information content (AvgIpc) is 2.69. The fraction of sp³-hybridized carbons (Fsp3) is 0.500. The number of fused-ring (bicyclic) bond motifs is 2. The number of hydrogen-bond acceptors (Lipinski definition) is 4. The zero-order chi connectivity index (χ0) is 16.8. The van der Waals surface area contributed by atoms with Gasteiger partial charge in [-0.2, -0.15) is 0 Å². The van der Waals surface area contributed by atoms with Crippen LogP contribution in [0.5, 0.6) is 5.75 Å². The molecule has 3 rings (SSSR count). The molecular formula is C16H20FN3O3. The molecule has 1 N–H and O–H groups in total. The molecule has 0 aromatic heterocycles. The number of ether oxygens (including phenoxy) is 1. The summed E-state index contributed by atoms with van der Waals surface area (Å²) in [4.78, 5) is 28.4. The highest BCUT2D eigenvalue weighted by atomic mass is 19.1. The van der Waals surface area contributed by atoms with Crippen LogP contribution in [0.15, 0.2) is 18.2 Å². The number of carbonyl (C=O) groups is 2. The molecule has 2 unspecified atom stereocenters. The quantitative estimate of drug-likeness (QED) is 0.853. The maximum atomic E-state index is 13.7. The highest BCUT2D eigenvalue weighted by Gasteiger charge is 2.56. The molecule has 124 valence electrons. The Morgan fingerprint density at radius 2 is 2.17 bits per heavy atom. The Balaban J connectivity index is 2.01. The van der Waals surface area contributed by atoms with Gasteiger partial charge in [0.25, 0.3) is 5.91 Å². The Morgan fingerprint density at radius 3 is 2.87 bits per heavy atom. The van der Waals surface area contributed by atoms with E-state index in [0.717, 1.165) is 0 Å². The molecular weight excluding hydrogens is 301 g/mol. The number of likely N-dealkylation sites (N-methyl/N-ethyl adjacent to an activating group) is 1. The molecule has 2 aliphatic heterocycles. The zero-order valence-corrected chi connectivity index (χ0v) is 13.4. The third-order valence-corrected chi connectivity index (χ3v) is 4.27. The van der Waals surface area contributed by atoms with E-state index in [4.69, 9.17) is 4.74 Å². The molecule has 1 aromatic carbocycles. The molecule has 2 heterocycles. The van der Waals surface area contributed by atoms with Gasteiger partial charge in [0.2, 0.25) is 0 Å². The van der Waals surface area contributed by atoms with Crippen LogP contribution in [0, 0.1) is 5.82 Å². The first-order valence-corrected chi connectivity index (χ1v) is 7.59. The van der Waals surface area contributed by atoms with Crippen molar-refractivity contribution >= 4 is 11.9 Å². The Bertz CT molecular complexity index is 664. The van der Waals surface area contributed by atoms with Crippen molar-refractivity contribution in [1.82, 2.24) is 15.1 Å². The number of nitrogens with zero attached hydrogens (tertiary/aromatic N) is 2. The van der Waals surface area contributed by atoms with Gasteiger partial charge >= 0.3 is 6.03 Å². The molecule has 0 aliphatic carbocycles. The van der Waals surface area contributed by atoms with E-state index < -0.39 is 17.4 Å². The average molecular weight is 321 g/mol. The third-order valence-electron chi connectivity index (χ3n) is 4.27. The molecule has 2 aliphatic rings. The maximum absolute atomic E-state index is 13.7. The Labute approximate surface area is 134 Å². The summed E-state index contributed by atoms with van der Waals surface area (Å²) in [5.74, 6) is -0.366. The van der Waals surface area contributed by atoms with Gasteiger partial charge in [0.15, 0.2) is 5.54 Å². The summed E-state index contributed by atoms with van der Waals surface area (Å²) in [5, 5.41) is 2.78. The van der Waals surface area contributed by atoms with Crippen molar-refractivity contribution in [1.29, 1.82) is 0 Å². The van der Waals surface area contributed by atoms with Crippen LogP contribution < -0.4 is 10.1 Å². The van der Waals surface area contributed by atoms with E-state index in [0.29, 0.717) is 24.4 Å². The molecule has 2 atom stereocenters. The zero-order valence-electron chi connectivity index (χ0n) is 13.4. The minimum atomic E-state index is -1.24. The van der Waals surface area contributed by atoms with E-state index in [9.17, 15) is 14.0 Å². The first-order chi connectivity index (χ1) is 10.8. The lowest BCUT2D eigenvalue weighted by molar-refractivity contribution is -0.133. The number of rotatable bonds is 3. The van der Waals surface area contributed by atoms with Crippen LogP contribution >= 0.6 is 0 Å². The van der Waals surface area contributed by atoms with Crippen molar-refractivity contribution in [3.8, 4) is 5.75 Å².